The van der Waals surface area contributed by atoms with Crippen molar-refractivity contribution in [1.29, 1.82) is 0 Å². The normalized spacial score (nSPS) is 12.5. The van der Waals surface area contributed by atoms with Gasteiger partial charge in [0.2, 0.25) is 5.91 Å². The summed E-state index contributed by atoms with van der Waals surface area (Å²) in [6.45, 7) is 0.540. The Labute approximate surface area is 174 Å². The minimum atomic E-state index is -0.379. The predicted molar refractivity (Wildman–Crippen MR) is 113 cm³/mol. The van der Waals surface area contributed by atoms with Gasteiger partial charge in [-0.1, -0.05) is 12.1 Å². The van der Waals surface area contributed by atoms with Crippen LogP contribution in [0.15, 0.2) is 48.5 Å². The standard InChI is InChI=1S/C22H24N4O4/c1-25(2)16-9-7-15(8-10-16)20(28)24-13-12-23-19(27)11-14-26-21(29)17-5-3-4-6-18(17)22(26)30/h3-10H,11-14H2,1-2H3,(H,23,27)(H,24,28). The highest BCUT2D eigenvalue weighted by Gasteiger charge is 2.34. The number of amides is 4. The number of imide groups is 1. The first-order chi connectivity index (χ1) is 14.4. The minimum Gasteiger partial charge on any atom is -0.378 e. The van der Waals surface area contributed by atoms with Crippen molar-refractivity contribution in [3.8, 4) is 0 Å². The van der Waals surface area contributed by atoms with E-state index in [9.17, 15) is 19.2 Å². The summed E-state index contributed by atoms with van der Waals surface area (Å²) in [5.41, 5.74) is 2.27. The van der Waals surface area contributed by atoms with Crippen molar-refractivity contribution in [1.82, 2.24) is 15.5 Å². The van der Waals surface area contributed by atoms with Gasteiger partial charge in [-0.2, -0.15) is 0 Å². The van der Waals surface area contributed by atoms with Crippen molar-refractivity contribution in [2.75, 3.05) is 38.6 Å². The van der Waals surface area contributed by atoms with Gasteiger partial charge in [0.15, 0.2) is 0 Å². The Morgan fingerprint density at radius 3 is 2.00 bits per heavy atom. The fourth-order valence-electron chi connectivity index (χ4n) is 3.13. The fourth-order valence-corrected chi connectivity index (χ4v) is 3.13. The van der Waals surface area contributed by atoms with E-state index in [1.165, 1.54) is 0 Å². The smallest absolute Gasteiger partial charge is 0.261 e. The number of benzene rings is 2. The quantitative estimate of drug-likeness (QED) is 0.507. The number of nitrogens with one attached hydrogen (secondary N) is 2. The average molecular weight is 408 g/mol. The van der Waals surface area contributed by atoms with Crippen molar-refractivity contribution in [2.45, 2.75) is 6.42 Å². The summed E-state index contributed by atoms with van der Waals surface area (Å²) >= 11 is 0. The fraction of sp³-hybridized carbons (Fsp3) is 0.273. The summed E-state index contributed by atoms with van der Waals surface area (Å²) in [6.07, 6.45) is 0.00537. The lowest BCUT2D eigenvalue weighted by Gasteiger charge is -2.14. The van der Waals surface area contributed by atoms with E-state index in [0.717, 1.165) is 10.6 Å². The Morgan fingerprint density at radius 1 is 0.867 bits per heavy atom. The molecule has 30 heavy (non-hydrogen) atoms. The van der Waals surface area contributed by atoms with E-state index >= 15 is 0 Å². The molecule has 2 N–H and O–H groups in total. The van der Waals surface area contributed by atoms with Gasteiger partial charge < -0.3 is 15.5 Å². The molecule has 0 unspecified atom stereocenters. The molecule has 8 nitrogen and oxygen atoms in total. The van der Waals surface area contributed by atoms with Gasteiger partial charge in [-0.25, -0.2) is 0 Å². The monoisotopic (exact) mass is 408 g/mol. The van der Waals surface area contributed by atoms with Crippen LogP contribution >= 0.6 is 0 Å². The average Bonchev–Trinajstić information content (AvgIpc) is 2.99. The zero-order valence-electron chi connectivity index (χ0n) is 17.0. The number of carbonyl (C=O) groups is 4. The molecule has 0 aliphatic carbocycles. The van der Waals surface area contributed by atoms with Gasteiger partial charge in [0.05, 0.1) is 11.1 Å². The van der Waals surface area contributed by atoms with Crippen molar-refractivity contribution in [3.05, 3.63) is 65.2 Å². The van der Waals surface area contributed by atoms with E-state index in [1.807, 2.05) is 31.1 Å². The Morgan fingerprint density at radius 2 is 1.43 bits per heavy atom. The second-order valence-electron chi connectivity index (χ2n) is 7.10. The van der Waals surface area contributed by atoms with E-state index in [4.69, 9.17) is 0 Å². The molecule has 1 aliphatic rings. The van der Waals surface area contributed by atoms with Crippen LogP contribution in [0.3, 0.4) is 0 Å². The maximum atomic E-state index is 12.3. The molecule has 8 heteroatoms. The molecule has 0 radical (unpaired) electrons. The zero-order valence-corrected chi connectivity index (χ0v) is 17.0. The van der Waals surface area contributed by atoms with Gasteiger partial charge in [-0.3, -0.25) is 24.1 Å². The molecule has 0 atom stereocenters. The second kappa shape index (κ2) is 9.21. The van der Waals surface area contributed by atoms with Crippen molar-refractivity contribution < 1.29 is 19.2 Å². The van der Waals surface area contributed by atoms with Crippen LogP contribution in [0.1, 0.15) is 37.5 Å². The van der Waals surface area contributed by atoms with Gasteiger partial charge in [0.1, 0.15) is 0 Å². The van der Waals surface area contributed by atoms with Crippen LogP contribution in [-0.2, 0) is 4.79 Å². The van der Waals surface area contributed by atoms with E-state index in [2.05, 4.69) is 10.6 Å². The van der Waals surface area contributed by atoms with Crippen LogP contribution in [0, 0.1) is 0 Å². The number of fused-ring (bicyclic) bond motifs is 1. The highest BCUT2D eigenvalue weighted by molar-refractivity contribution is 6.21. The first kappa shape index (κ1) is 21.0. The summed E-state index contributed by atoms with van der Waals surface area (Å²) in [5.74, 6) is -1.27. The summed E-state index contributed by atoms with van der Waals surface area (Å²) in [5, 5.41) is 5.42. The molecule has 0 saturated heterocycles. The molecule has 0 spiro atoms. The van der Waals surface area contributed by atoms with Gasteiger partial charge in [0, 0.05) is 51.4 Å². The van der Waals surface area contributed by atoms with Crippen LogP contribution < -0.4 is 15.5 Å². The van der Waals surface area contributed by atoms with Crippen LogP contribution in [0.5, 0.6) is 0 Å². The molecule has 1 heterocycles. The third-order valence-electron chi connectivity index (χ3n) is 4.82. The van der Waals surface area contributed by atoms with Crippen LogP contribution in [0.2, 0.25) is 0 Å². The molecular weight excluding hydrogens is 384 g/mol. The first-order valence-corrected chi connectivity index (χ1v) is 9.66. The van der Waals surface area contributed by atoms with Crippen molar-refractivity contribution in [3.63, 3.8) is 0 Å². The van der Waals surface area contributed by atoms with E-state index in [1.54, 1.807) is 36.4 Å². The highest BCUT2D eigenvalue weighted by Crippen LogP contribution is 2.22. The van der Waals surface area contributed by atoms with E-state index in [-0.39, 0.29) is 49.7 Å². The van der Waals surface area contributed by atoms with Gasteiger partial charge in [0.25, 0.3) is 17.7 Å². The number of hydrogen-bond acceptors (Lipinski definition) is 5. The molecule has 2 aromatic rings. The molecule has 0 saturated carbocycles. The number of hydrogen-bond donors (Lipinski definition) is 2. The third-order valence-corrected chi connectivity index (χ3v) is 4.82. The lowest BCUT2D eigenvalue weighted by atomic mass is 10.1. The largest absolute Gasteiger partial charge is 0.378 e. The molecule has 0 aromatic heterocycles. The number of nitrogens with zero attached hydrogens (tertiary/aromatic N) is 2. The summed E-state index contributed by atoms with van der Waals surface area (Å²) in [7, 11) is 3.85. The SMILES string of the molecule is CN(C)c1ccc(C(=O)NCCNC(=O)CCN2C(=O)c3ccccc3C2=O)cc1. The Hall–Kier alpha value is -3.68. The second-order valence-corrected chi connectivity index (χ2v) is 7.10. The topological polar surface area (TPSA) is 98.8 Å². The van der Waals surface area contributed by atoms with Crippen LogP contribution in [-0.4, -0.2) is 62.3 Å². The van der Waals surface area contributed by atoms with Crippen LogP contribution in [0.25, 0.3) is 0 Å². The summed E-state index contributed by atoms with van der Waals surface area (Å²) < 4.78 is 0. The first-order valence-electron chi connectivity index (χ1n) is 9.66. The Bertz CT molecular complexity index is 934. The van der Waals surface area contributed by atoms with E-state index in [0.29, 0.717) is 16.7 Å². The molecule has 0 fully saturated rings. The number of rotatable bonds is 8. The maximum absolute atomic E-state index is 12.3. The summed E-state index contributed by atoms with van der Waals surface area (Å²) in [6, 6.07) is 13.8. The number of carbonyl (C=O) groups excluding carboxylic acids is 4. The van der Waals surface area contributed by atoms with Gasteiger partial charge >= 0.3 is 0 Å². The van der Waals surface area contributed by atoms with Gasteiger partial charge in [-0.15, -0.1) is 0 Å². The molecule has 4 amide bonds. The maximum Gasteiger partial charge on any atom is 0.261 e. The van der Waals surface area contributed by atoms with Crippen molar-refractivity contribution in [2.24, 2.45) is 0 Å². The molecule has 156 valence electrons. The predicted octanol–water partition coefficient (Wildman–Crippen LogP) is 1.28. The molecular formula is C22H24N4O4. The minimum absolute atomic E-state index is 0.00537. The Kier molecular flexibility index (Phi) is 6.46. The molecule has 1 aliphatic heterocycles. The van der Waals surface area contributed by atoms with Gasteiger partial charge in [-0.05, 0) is 36.4 Å². The Balaban J connectivity index is 1.38. The van der Waals surface area contributed by atoms with Crippen LogP contribution in [0.4, 0.5) is 5.69 Å². The lowest BCUT2D eigenvalue weighted by molar-refractivity contribution is -0.121. The molecule has 0 bridgehead atoms. The number of anilines is 1. The molecule has 2 aromatic carbocycles. The lowest BCUT2D eigenvalue weighted by Crippen LogP contribution is -2.37. The summed E-state index contributed by atoms with van der Waals surface area (Å²) in [4.78, 5) is 51.7. The highest BCUT2D eigenvalue weighted by atomic mass is 16.2. The van der Waals surface area contributed by atoms with Crippen molar-refractivity contribution >= 4 is 29.3 Å². The molecule has 3 rings (SSSR count). The zero-order chi connectivity index (χ0) is 21.7. The third kappa shape index (κ3) is 4.65. The van der Waals surface area contributed by atoms with E-state index < -0.39 is 0 Å².